The molecule has 0 aliphatic rings. The Bertz CT molecular complexity index is 421. The molecule has 3 N–H and O–H groups in total. The summed E-state index contributed by atoms with van der Waals surface area (Å²) in [5.41, 5.74) is 5.71. The van der Waals surface area contributed by atoms with Crippen molar-refractivity contribution >= 4 is 5.96 Å². The molecule has 0 spiro atoms. The molecule has 0 saturated heterocycles. The number of aliphatic imine (C=N–C) groups is 1. The third kappa shape index (κ3) is 5.30. The fraction of sp³-hybridized carbons (Fsp3) is 0.692. The molecular formula is C13H24N4O2. The van der Waals surface area contributed by atoms with Crippen LogP contribution in [0.5, 0.6) is 0 Å². The Kier molecular flexibility index (Phi) is 5.35. The van der Waals surface area contributed by atoms with Gasteiger partial charge in [-0.3, -0.25) is 0 Å². The van der Waals surface area contributed by atoms with E-state index in [2.05, 4.69) is 36.1 Å². The van der Waals surface area contributed by atoms with E-state index in [1.807, 2.05) is 6.92 Å². The number of hydrogen-bond acceptors (Lipinski definition) is 4. The van der Waals surface area contributed by atoms with E-state index in [9.17, 15) is 0 Å². The van der Waals surface area contributed by atoms with Crippen molar-refractivity contribution in [2.45, 2.75) is 45.7 Å². The highest BCUT2D eigenvalue weighted by molar-refractivity contribution is 5.78. The predicted molar refractivity (Wildman–Crippen MR) is 75.0 cm³/mol. The number of rotatable bonds is 5. The molecule has 1 aromatic rings. The first kappa shape index (κ1) is 15.5. The molecule has 0 radical (unpaired) electrons. The number of nitrogens with two attached hydrogens (primary N) is 1. The van der Waals surface area contributed by atoms with Gasteiger partial charge in [0.15, 0.2) is 5.96 Å². The summed E-state index contributed by atoms with van der Waals surface area (Å²) in [5, 5.41) is 3.02. The van der Waals surface area contributed by atoms with Crippen LogP contribution in [0.4, 0.5) is 0 Å². The smallest absolute Gasteiger partial charge is 0.216 e. The second-order valence-electron chi connectivity index (χ2n) is 5.57. The van der Waals surface area contributed by atoms with Crippen LogP contribution in [0.3, 0.4) is 0 Å². The van der Waals surface area contributed by atoms with E-state index in [4.69, 9.17) is 14.9 Å². The minimum Gasteiger partial charge on any atom is -0.443 e. The summed E-state index contributed by atoms with van der Waals surface area (Å²) in [5.74, 6) is 1.77. The second kappa shape index (κ2) is 6.56. The highest BCUT2D eigenvalue weighted by Crippen LogP contribution is 2.22. The fourth-order valence-corrected chi connectivity index (χ4v) is 1.47. The van der Waals surface area contributed by atoms with Crippen molar-refractivity contribution in [3.8, 4) is 0 Å². The maximum absolute atomic E-state index is 5.76. The summed E-state index contributed by atoms with van der Waals surface area (Å²) in [6.07, 6.45) is 1.74. The molecule has 0 aliphatic carbocycles. The number of nitrogens with one attached hydrogen (secondary N) is 1. The van der Waals surface area contributed by atoms with Crippen LogP contribution in [0.2, 0.25) is 0 Å². The third-order valence-electron chi connectivity index (χ3n) is 2.49. The molecule has 6 heteroatoms. The number of aromatic nitrogens is 1. The van der Waals surface area contributed by atoms with Gasteiger partial charge in [-0.2, -0.15) is 0 Å². The zero-order valence-electron chi connectivity index (χ0n) is 12.4. The van der Waals surface area contributed by atoms with Gasteiger partial charge in [-0.25, -0.2) is 9.98 Å². The molecule has 19 heavy (non-hydrogen) atoms. The van der Waals surface area contributed by atoms with Gasteiger partial charge in [0.1, 0.15) is 12.3 Å². The molecule has 1 atom stereocenters. The Morgan fingerprint density at radius 1 is 1.58 bits per heavy atom. The first-order valence-electron chi connectivity index (χ1n) is 6.33. The molecule has 1 rings (SSSR count). The quantitative estimate of drug-likeness (QED) is 0.623. The van der Waals surface area contributed by atoms with Crippen molar-refractivity contribution in [2.24, 2.45) is 10.7 Å². The molecular weight excluding hydrogens is 244 g/mol. The molecule has 0 aliphatic heterocycles. The molecule has 1 heterocycles. The summed E-state index contributed by atoms with van der Waals surface area (Å²) in [7, 11) is 1.65. The molecule has 1 unspecified atom stereocenters. The number of hydrogen-bond donors (Lipinski definition) is 2. The molecule has 0 amide bonds. The van der Waals surface area contributed by atoms with Gasteiger partial charge in [-0.15, -0.1) is 0 Å². The van der Waals surface area contributed by atoms with Crippen molar-refractivity contribution in [3.05, 3.63) is 17.8 Å². The number of ether oxygens (including phenoxy) is 1. The van der Waals surface area contributed by atoms with E-state index in [1.54, 1.807) is 13.3 Å². The average Bonchev–Trinajstić information content (AvgIpc) is 2.74. The van der Waals surface area contributed by atoms with Crippen molar-refractivity contribution in [1.82, 2.24) is 10.3 Å². The summed E-state index contributed by atoms with van der Waals surface area (Å²) in [4.78, 5) is 8.37. The van der Waals surface area contributed by atoms with Gasteiger partial charge in [0.2, 0.25) is 5.89 Å². The molecule has 1 aromatic heterocycles. The van der Waals surface area contributed by atoms with Crippen LogP contribution in [-0.2, 0) is 16.7 Å². The van der Waals surface area contributed by atoms with Crippen molar-refractivity contribution in [3.63, 3.8) is 0 Å². The minimum atomic E-state index is -0.0499. The van der Waals surface area contributed by atoms with Crippen molar-refractivity contribution < 1.29 is 9.15 Å². The predicted octanol–water partition coefficient (Wildman–Crippen LogP) is 1.41. The lowest BCUT2D eigenvalue weighted by Crippen LogP contribution is -2.40. The molecule has 0 bridgehead atoms. The standard InChI is InChI=1S/C13H24N4O2/c1-9(8-18-5)17-12(14)16-7-11-15-6-10(19-11)13(2,3)4/h6,9H,7-8H2,1-5H3,(H3,14,16,17). The molecule has 6 nitrogen and oxygen atoms in total. The van der Waals surface area contributed by atoms with Crippen LogP contribution in [0.1, 0.15) is 39.3 Å². The normalized spacial score (nSPS) is 14.5. The number of nitrogens with zero attached hydrogens (tertiary/aromatic N) is 2. The lowest BCUT2D eigenvalue weighted by atomic mass is 9.94. The zero-order chi connectivity index (χ0) is 14.5. The van der Waals surface area contributed by atoms with Gasteiger partial charge >= 0.3 is 0 Å². The van der Waals surface area contributed by atoms with Crippen molar-refractivity contribution in [1.29, 1.82) is 0 Å². The SMILES string of the molecule is COCC(C)NC(N)=NCc1ncc(C(C)(C)C)o1. The highest BCUT2D eigenvalue weighted by atomic mass is 16.5. The lowest BCUT2D eigenvalue weighted by Gasteiger charge is -2.13. The monoisotopic (exact) mass is 268 g/mol. The minimum absolute atomic E-state index is 0.0499. The van der Waals surface area contributed by atoms with E-state index in [1.165, 1.54) is 0 Å². The summed E-state index contributed by atoms with van der Waals surface area (Å²) in [6.45, 7) is 9.08. The van der Waals surface area contributed by atoms with E-state index in [0.29, 0.717) is 25.0 Å². The number of guanidine groups is 1. The first-order chi connectivity index (χ1) is 8.82. The van der Waals surface area contributed by atoms with Gasteiger partial charge in [0.25, 0.3) is 0 Å². The van der Waals surface area contributed by atoms with E-state index in [0.717, 1.165) is 5.76 Å². The number of oxazole rings is 1. The molecule has 0 saturated carbocycles. The van der Waals surface area contributed by atoms with Gasteiger partial charge < -0.3 is 20.2 Å². The van der Waals surface area contributed by atoms with Gasteiger partial charge in [0, 0.05) is 18.6 Å². The van der Waals surface area contributed by atoms with Crippen LogP contribution < -0.4 is 11.1 Å². The Balaban J connectivity index is 2.53. The van der Waals surface area contributed by atoms with E-state index >= 15 is 0 Å². The van der Waals surface area contributed by atoms with Crippen molar-refractivity contribution in [2.75, 3.05) is 13.7 Å². The zero-order valence-corrected chi connectivity index (χ0v) is 12.4. The van der Waals surface area contributed by atoms with Gasteiger partial charge in [0.05, 0.1) is 12.8 Å². The van der Waals surface area contributed by atoms with Gasteiger partial charge in [-0.1, -0.05) is 20.8 Å². The topological polar surface area (TPSA) is 85.7 Å². The molecule has 0 fully saturated rings. The van der Waals surface area contributed by atoms with E-state index < -0.39 is 0 Å². The Labute approximate surface area is 114 Å². The average molecular weight is 268 g/mol. The largest absolute Gasteiger partial charge is 0.443 e. The molecule has 108 valence electrons. The summed E-state index contributed by atoms with van der Waals surface area (Å²) >= 11 is 0. The number of methoxy groups -OCH3 is 1. The van der Waals surface area contributed by atoms with Crippen LogP contribution in [0.25, 0.3) is 0 Å². The Hall–Kier alpha value is -1.56. The Morgan fingerprint density at radius 3 is 2.79 bits per heavy atom. The first-order valence-corrected chi connectivity index (χ1v) is 6.33. The van der Waals surface area contributed by atoms with Crippen LogP contribution in [0.15, 0.2) is 15.6 Å². The lowest BCUT2D eigenvalue weighted by molar-refractivity contribution is 0.179. The second-order valence-corrected chi connectivity index (χ2v) is 5.57. The maximum Gasteiger partial charge on any atom is 0.216 e. The van der Waals surface area contributed by atoms with Crippen LogP contribution in [0, 0.1) is 0 Å². The van der Waals surface area contributed by atoms with Crippen LogP contribution >= 0.6 is 0 Å². The van der Waals surface area contributed by atoms with Gasteiger partial charge in [-0.05, 0) is 6.92 Å². The Morgan fingerprint density at radius 2 is 2.26 bits per heavy atom. The van der Waals surface area contributed by atoms with E-state index in [-0.39, 0.29) is 11.5 Å². The third-order valence-corrected chi connectivity index (χ3v) is 2.49. The maximum atomic E-state index is 5.76. The summed E-state index contributed by atoms with van der Waals surface area (Å²) in [6, 6.07) is 0.114. The highest BCUT2D eigenvalue weighted by Gasteiger charge is 2.18. The molecule has 0 aromatic carbocycles. The van der Waals surface area contributed by atoms with Crippen LogP contribution in [-0.4, -0.2) is 30.7 Å². The fourth-order valence-electron chi connectivity index (χ4n) is 1.47. The summed E-state index contributed by atoms with van der Waals surface area (Å²) < 4.78 is 10.6.